The third-order valence-corrected chi connectivity index (χ3v) is 5.22. The fourth-order valence-electron chi connectivity index (χ4n) is 3.61. The maximum absolute atomic E-state index is 12.6. The van der Waals surface area contributed by atoms with Crippen molar-refractivity contribution in [3.63, 3.8) is 0 Å². The van der Waals surface area contributed by atoms with Gasteiger partial charge in [-0.25, -0.2) is 0 Å². The Kier molecular flexibility index (Phi) is 6.63. The van der Waals surface area contributed by atoms with Crippen molar-refractivity contribution in [3.05, 3.63) is 53.9 Å². The minimum atomic E-state index is 0.00542. The molecule has 2 aromatic rings. The number of carbonyl (C=O) groups is 2. The van der Waals surface area contributed by atoms with Crippen LogP contribution in [-0.2, 0) is 4.79 Å². The number of rotatable bonds is 6. The summed E-state index contributed by atoms with van der Waals surface area (Å²) in [7, 11) is 1.62. The number of aryl methyl sites for hydroxylation is 1. The van der Waals surface area contributed by atoms with E-state index in [2.05, 4.69) is 10.3 Å². The Hall–Kier alpha value is -2.89. The van der Waals surface area contributed by atoms with Gasteiger partial charge in [-0.1, -0.05) is 0 Å². The van der Waals surface area contributed by atoms with Crippen molar-refractivity contribution >= 4 is 17.5 Å². The van der Waals surface area contributed by atoms with Crippen LogP contribution in [0.25, 0.3) is 0 Å². The minimum Gasteiger partial charge on any atom is -0.497 e. The highest BCUT2D eigenvalue weighted by Crippen LogP contribution is 2.24. The largest absolute Gasteiger partial charge is 0.497 e. The van der Waals surface area contributed by atoms with Crippen LogP contribution in [0.5, 0.6) is 5.75 Å². The van der Waals surface area contributed by atoms with Gasteiger partial charge in [0.2, 0.25) is 5.91 Å². The lowest BCUT2D eigenvalue weighted by Crippen LogP contribution is -2.40. The smallest absolute Gasteiger partial charge is 0.253 e. The van der Waals surface area contributed by atoms with Crippen molar-refractivity contribution < 1.29 is 14.3 Å². The molecule has 0 bridgehead atoms. The number of anilines is 1. The summed E-state index contributed by atoms with van der Waals surface area (Å²) >= 11 is 0. The molecule has 3 rings (SSSR count). The molecule has 1 aliphatic heterocycles. The fraction of sp³-hybridized carbons (Fsp3) is 0.409. The highest BCUT2D eigenvalue weighted by molar-refractivity contribution is 5.94. The standard InChI is InChI=1S/C22H27N3O3/c1-16-14-19(28-2)6-7-20(16)24-21(26)8-5-17-4-3-13-25(15-17)22(27)18-9-11-23-12-10-18/h6-7,9-12,14,17H,3-5,8,13,15H2,1-2H3,(H,24,26)/t17-/m1/s1. The molecule has 0 spiro atoms. The van der Waals surface area contributed by atoms with Crippen molar-refractivity contribution in [2.75, 3.05) is 25.5 Å². The Morgan fingerprint density at radius 3 is 2.75 bits per heavy atom. The van der Waals surface area contributed by atoms with E-state index in [1.54, 1.807) is 31.6 Å². The number of ether oxygens (including phenoxy) is 1. The molecule has 1 aromatic carbocycles. The van der Waals surface area contributed by atoms with Crippen LogP contribution >= 0.6 is 0 Å². The third-order valence-electron chi connectivity index (χ3n) is 5.22. The number of amides is 2. The van der Waals surface area contributed by atoms with E-state index in [1.807, 2.05) is 30.0 Å². The second-order valence-electron chi connectivity index (χ2n) is 7.26. The molecule has 0 unspecified atom stereocenters. The molecule has 148 valence electrons. The van der Waals surface area contributed by atoms with Crippen LogP contribution in [0.1, 0.15) is 41.6 Å². The van der Waals surface area contributed by atoms with E-state index >= 15 is 0 Å². The molecule has 1 fully saturated rings. The molecular weight excluding hydrogens is 354 g/mol. The molecule has 28 heavy (non-hydrogen) atoms. The highest BCUT2D eigenvalue weighted by atomic mass is 16.5. The summed E-state index contributed by atoms with van der Waals surface area (Å²) in [4.78, 5) is 30.9. The molecule has 1 aliphatic rings. The second-order valence-corrected chi connectivity index (χ2v) is 7.26. The molecule has 2 heterocycles. The monoisotopic (exact) mass is 381 g/mol. The molecule has 0 saturated carbocycles. The number of carbonyl (C=O) groups excluding carboxylic acids is 2. The van der Waals surface area contributed by atoms with Gasteiger partial charge in [-0.15, -0.1) is 0 Å². The number of pyridine rings is 1. The van der Waals surface area contributed by atoms with Gasteiger partial charge < -0.3 is 15.0 Å². The van der Waals surface area contributed by atoms with Crippen LogP contribution in [0.15, 0.2) is 42.7 Å². The van der Waals surface area contributed by atoms with E-state index in [1.165, 1.54) is 0 Å². The molecule has 1 saturated heterocycles. The first-order valence-corrected chi connectivity index (χ1v) is 9.70. The van der Waals surface area contributed by atoms with Gasteiger partial charge in [0.1, 0.15) is 5.75 Å². The summed E-state index contributed by atoms with van der Waals surface area (Å²) in [5.41, 5.74) is 2.45. The molecule has 2 amide bonds. The number of nitrogens with zero attached hydrogens (tertiary/aromatic N) is 2. The van der Waals surface area contributed by atoms with E-state index in [9.17, 15) is 9.59 Å². The maximum atomic E-state index is 12.6. The number of hydrogen-bond donors (Lipinski definition) is 1. The summed E-state index contributed by atoms with van der Waals surface area (Å²) in [6.07, 6.45) is 6.53. The van der Waals surface area contributed by atoms with Crippen LogP contribution in [0, 0.1) is 12.8 Å². The second kappa shape index (κ2) is 9.35. The van der Waals surface area contributed by atoms with Gasteiger partial charge in [0.05, 0.1) is 7.11 Å². The number of methoxy groups -OCH3 is 1. The van der Waals surface area contributed by atoms with Gasteiger partial charge in [0.15, 0.2) is 0 Å². The fourth-order valence-corrected chi connectivity index (χ4v) is 3.61. The lowest BCUT2D eigenvalue weighted by Gasteiger charge is -2.32. The lowest BCUT2D eigenvalue weighted by atomic mass is 9.93. The zero-order chi connectivity index (χ0) is 19.9. The van der Waals surface area contributed by atoms with Crippen LogP contribution < -0.4 is 10.1 Å². The zero-order valence-electron chi connectivity index (χ0n) is 16.5. The third kappa shape index (κ3) is 5.09. The predicted molar refractivity (Wildman–Crippen MR) is 108 cm³/mol. The maximum Gasteiger partial charge on any atom is 0.253 e. The first kappa shape index (κ1) is 19.9. The molecule has 1 aromatic heterocycles. The number of piperidine rings is 1. The quantitative estimate of drug-likeness (QED) is 0.829. The van der Waals surface area contributed by atoms with E-state index in [0.717, 1.165) is 42.8 Å². The SMILES string of the molecule is COc1ccc(NC(=O)CC[C@H]2CCCN(C(=O)c3ccncc3)C2)c(C)c1. The van der Waals surface area contributed by atoms with Gasteiger partial charge >= 0.3 is 0 Å². The Labute approximate surface area is 165 Å². The van der Waals surface area contributed by atoms with Gasteiger partial charge in [-0.2, -0.15) is 0 Å². The minimum absolute atomic E-state index is 0.00542. The molecule has 0 radical (unpaired) electrons. The highest BCUT2D eigenvalue weighted by Gasteiger charge is 2.24. The summed E-state index contributed by atoms with van der Waals surface area (Å²) in [5, 5.41) is 2.98. The number of likely N-dealkylation sites (tertiary alicyclic amines) is 1. The number of nitrogens with one attached hydrogen (secondary N) is 1. The summed E-state index contributed by atoms with van der Waals surface area (Å²) in [6, 6.07) is 9.10. The Morgan fingerprint density at radius 1 is 1.25 bits per heavy atom. The molecule has 1 atom stereocenters. The van der Waals surface area contributed by atoms with Crippen molar-refractivity contribution in [1.29, 1.82) is 0 Å². The van der Waals surface area contributed by atoms with Gasteiger partial charge in [0, 0.05) is 43.2 Å². The van der Waals surface area contributed by atoms with Crippen molar-refractivity contribution in [2.24, 2.45) is 5.92 Å². The van der Waals surface area contributed by atoms with Gasteiger partial charge in [-0.05, 0) is 68.0 Å². The Balaban J connectivity index is 1.50. The summed E-state index contributed by atoms with van der Waals surface area (Å²) in [6.45, 7) is 3.42. The van der Waals surface area contributed by atoms with E-state index in [0.29, 0.717) is 24.4 Å². The predicted octanol–water partition coefficient (Wildman–Crippen LogP) is 3.67. The Morgan fingerprint density at radius 2 is 2.04 bits per heavy atom. The van der Waals surface area contributed by atoms with Crippen LogP contribution in [0.3, 0.4) is 0 Å². The number of hydrogen-bond acceptors (Lipinski definition) is 4. The molecule has 6 nitrogen and oxygen atoms in total. The van der Waals surface area contributed by atoms with Crippen molar-refractivity contribution in [3.8, 4) is 5.75 Å². The molecule has 1 N–H and O–H groups in total. The Bertz CT molecular complexity index is 823. The number of aromatic nitrogens is 1. The van der Waals surface area contributed by atoms with Crippen molar-refractivity contribution in [1.82, 2.24) is 9.88 Å². The lowest BCUT2D eigenvalue weighted by molar-refractivity contribution is -0.116. The molecule has 0 aliphatic carbocycles. The van der Waals surface area contributed by atoms with Gasteiger partial charge in [-0.3, -0.25) is 14.6 Å². The molecule has 6 heteroatoms. The first-order valence-electron chi connectivity index (χ1n) is 9.70. The van der Waals surface area contributed by atoms with Crippen LogP contribution in [0.4, 0.5) is 5.69 Å². The molecular formula is C22H27N3O3. The average molecular weight is 381 g/mol. The van der Waals surface area contributed by atoms with Crippen molar-refractivity contribution in [2.45, 2.75) is 32.6 Å². The topological polar surface area (TPSA) is 71.5 Å². The van der Waals surface area contributed by atoms with Gasteiger partial charge in [0.25, 0.3) is 5.91 Å². The average Bonchev–Trinajstić information content (AvgIpc) is 2.74. The number of benzene rings is 1. The van der Waals surface area contributed by atoms with E-state index in [4.69, 9.17) is 4.74 Å². The summed E-state index contributed by atoms with van der Waals surface area (Å²) in [5.74, 6) is 1.18. The van der Waals surface area contributed by atoms with Crippen LogP contribution in [-0.4, -0.2) is 41.9 Å². The van der Waals surface area contributed by atoms with E-state index < -0.39 is 0 Å². The first-order chi connectivity index (χ1) is 13.6. The summed E-state index contributed by atoms with van der Waals surface area (Å²) < 4.78 is 5.19. The zero-order valence-corrected chi connectivity index (χ0v) is 16.5. The normalized spacial score (nSPS) is 16.5. The van der Waals surface area contributed by atoms with Crippen LogP contribution in [0.2, 0.25) is 0 Å². The van der Waals surface area contributed by atoms with E-state index in [-0.39, 0.29) is 11.8 Å².